The molecule has 5 rings (SSSR count). The van der Waals surface area contributed by atoms with Crippen molar-refractivity contribution in [2.24, 2.45) is 7.05 Å². The van der Waals surface area contributed by atoms with Crippen molar-refractivity contribution >= 4 is 17.0 Å². The molecule has 0 aliphatic rings. The average molecular weight is 470 g/mol. The number of nitro groups is 1. The molecule has 2 aromatic carbocycles. The van der Waals surface area contributed by atoms with Crippen LogP contribution in [0.4, 0.5) is 5.82 Å². The minimum absolute atomic E-state index is 0.202. The van der Waals surface area contributed by atoms with Crippen molar-refractivity contribution in [3.63, 3.8) is 0 Å². The molecule has 0 radical (unpaired) electrons. The topological polar surface area (TPSA) is 125 Å². The van der Waals surface area contributed by atoms with Gasteiger partial charge in [-0.1, -0.05) is 50.2 Å². The second kappa shape index (κ2) is 8.64. The first-order valence-corrected chi connectivity index (χ1v) is 11.1. The van der Waals surface area contributed by atoms with E-state index in [2.05, 4.69) is 34.9 Å². The zero-order valence-corrected chi connectivity index (χ0v) is 19.5. The number of nitrogens with zero attached hydrogens (tertiary/aromatic N) is 6. The molecule has 10 heteroatoms. The van der Waals surface area contributed by atoms with E-state index < -0.39 is 4.92 Å². The fourth-order valence-corrected chi connectivity index (χ4v) is 4.17. The number of aromatic nitrogens is 6. The predicted octanol–water partition coefficient (Wildman–Crippen LogP) is 4.27. The molecule has 3 aromatic heterocycles. The Labute approximate surface area is 200 Å². The van der Waals surface area contributed by atoms with Gasteiger partial charge in [0.05, 0.1) is 12.7 Å². The van der Waals surface area contributed by atoms with Crippen molar-refractivity contribution in [1.29, 1.82) is 0 Å². The molecule has 176 valence electrons. The Kier molecular flexibility index (Phi) is 5.48. The molecule has 0 aliphatic heterocycles. The molecule has 3 heterocycles. The predicted molar refractivity (Wildman–Crippen MR) is 132 cm³/mol. The Morgan fingerprint density at radius 2 is 1.83 bits per heavy atom. The maximum absolute atomic E-state index is 12.7. The Morgan fingerprint density at radius 1 is 1.09 bits per heavy atom. The van der Waals surface area contributed by atoms with Gasteiger partial charge in [-0.15, -0.1) is 0 Å². The van der Waals surface area contributed by atoms with E-state index in [0.717, 1.165) is 22.3 Å². The van der Waals surface area contributed by atoms with Gasteiger partial charge in [0.25, 0.3) is 5.82 Å². The van der Waals surface area contributed by atoms with Crippen molar-refractivity contribution in [3.05, 3.63) is 92.7 Å². The van der Waals surface area contributed by atoms with Gasteiger partial charge in [0.2, 0.25) is 0 Å². The fourth-order valence-electron chi connectivity index (χ4n) is 4.17. The van der Waals surface area contributed by atoms with Gasteiger partial charge in [-0.25, -0.2) is 14.8 Å². The fraction of sp³-hybridized carbons (Fsp3) is 0.200. The smallest absolute Gasteiger partial charge is 0.358 e. The van der Waals surface area contributed by atoms with E-state index in [0.29, 0.717) is 35.3 Å². The summed E-state index contributed by atoms with van der Waals surface area (Å²) >= 11 is 0. The molecule has 0 saturated heterocycles. The molecular formula is C25H23N7O3. The third-order valence-corrected chi connectivity index (χ3v) is 5.94. The normalized spacial score (nSPS) is 11.4. The van der Waals surface area contributed by atoms with Gasteiger partial charge in [-0.3, -0.25) is 4.57 Å². The van der Waals surface area contributed by atoms with E-state index in [4.69, 9.17) is 4.98 Å². The highest BCUT2D eigenvalue weighted by molar-refractivity contribution is 5.74. The van der Waals surface area contributed by atoms with Crippen LogP contribution >= 0.6 is 0 Å². The van der Waals surface area contributed by atoms with E-state index in [9.17, 15) is 14.9 Å². The van der Waals surface area contributed by atoms with Crippen LogP contribution in [0.15, 0.2) is 65.7 Å². The molecule has 0 saturated carbocycles. The first-order chi connectivity index (χ1) is 16.8. The van der Waals surface area contributed by atoms with Crippen molar-refractivity contribution in [2.45, 2.75) is 26.3 Å². The molecule has 10 nitrogen and oxygen atoms in total. The van der Waals surface area contributed by atoms with Crippen molar-refractivity contribution in [1.82, 2.24) is 29.1 Å². The lowest BCUT2D eigenvalue weighted by Gasteiger charge is -2.11. The monoisotopic (exact) mass is 469 g/mol. The maximum Gasteiger partial charge on any atom is 0.382 e. The molecule has 0 fully saturated rings. The van der Waals surface area contributed by atoms with E-state index in [1.807, 2.05) is 42.5 Å². The van der Waals surface area contributed by atoms with E-state index in [-0.39, 0.29) is 11.5 Å². The highest BCUT2D eigenvalue weighted by Crippen LogP contribution is 2.27. The second-order valence-electron chi connectivity index (χ2n) is 8.68. The minimum atomic E-state index is -0.517. The highest BCUT2D eigenvalue weighted by Gasteiger charge is 2.19. The van der Waals surface area contributed by atoms with Crippen LogP contribution in [0.3, 0.4) is 0 Å². The number of imidazole rings is 2. The first-order valence-electron chi connectivity index (χ1n) is 11.1. The largest absolute Gasteiger partial charge is 0.382 e. The van der Waals surface area contributed by atoms with Gasteiger partial charge in [-0.05, 0) is 39.1 Å². The van der Waals surface area contributed by atoms with Gasteiger partial charge >= 0.3 is 11.5 Å². The number of hydrogen-bond donors (Lipinski definition) is 1. The summed E-state index contributed by atoms with van der Waals surface area (Å²) in [4.78, 5) is 39.4. The number of rotatable bonds is 6. The maximum atomic E-state index is 12.7. The van der Waals surface area contributed by atoms with Crippen LogP contribution in [0, 0.1) is 10.1 Å². The number of H-pyrrole nitrogens is 1. The standard InChI is InChI=1S/C25H23N7O3/c1-15(2)18-6-4-5-7-19(18)22-26-12-20-24(29-22)31(25(33)27-20)13-16-8-10-17(11-9-16)23-28-21(32(34)35)14-30(23)3/h4-12,14-15H,13H2,1-3H3,(H,27,33). The summed E-state index contributed by atoms with van der Waals surface area (Å²) in [6, 6.07) is 15.4. The first kappa shape index (κ1) is 22.2. The van der Waals surface area contributed by atoms with Crippen molar-refractivity contribution < 1.29 is 4.92 Å². The number of aromatic amines is 1. The van der Waals surface area contributed by atoms with Crippen LogP contribution in [-0.2, 0) is 13.6 Å². The quantitative estimate of drug-likeness (QED) is 0.293. The number of benzene rings is 2. The van der Waals surface area contributed by atoms with E-state index in [1.165, 1.54) is 6.20 Å². The van der Waals surface area contributed by atoms with Crippen LogP contribution < -0.4 is 5.69 Å². The molecule has 0 bridgehead atoms. The highest BCUT2D eigenvalue weighted by atomic mass is 16.6. The zero-order valence-electron chi connectivity index (χ0n) is 19.5. The number of fused-ring (bicyclic) bond motifs is 1. The van der Waals surface area contributed by atoms with Crippen LogP contribution in [0.1, 0.15) is 30.9 Å². The van der Waals surface area contributed by atoms with Crippen molar-refractivity contribution in [3.8, 4) is 22.8 Å². The molecule has 0 unspecified atom stereocenters. The Balaban J connectivity index is 1.49. The third kappa shape index (κ3) is 4.10. The summed E-state index contributed by atoms with van der Waals surface area (Å²) in [5, 5.41) is 11.0. The Hall–Kier alpha value is -4.60. The molecule has 5 aromatic rings. The third-order valence-electron chi connectivity index (χ3n) is 5.94. The van der Waals surface area contributed by atoms with Crippen LogP contribution in [0.25, 0.3) is 33.9 Å². The zero-order chi connectivity index (χ0) is 24.7. The number of aryl methyl sites for hydroxylation is 1. The lowest BCUT2D eigenvalue weighted by molar-refractivity contribution is -0.389. The summed E-state index contributed by atoms with van der Waals surface area (Å²) in [5.41, 5.74) is 4.53. The van der Waals surface area contributed by atoms with Crippen LogP contribution in [0.2, 0.25) is 0 Å². The second-order valence-corrected chi connectivity index (χ2v) is 8.68. The average Bonchev–Trinajstić information content (AvgIpc) is 3.39. The van der Waals surface area contributed by atoms with Gasteiger partial charge in [-0.2, -0.15) is 0 Å². The lowest BCUT2D eigenvalue weighted by Crippen LogP contribution is -2.17. The molecule has 0 spiro atoms. The molecule has 0 amide bonds. The molecule has 35 heavy (non-hydrogen) atoms. The summed E-state index contributed by atoms with van der Waals surface area (Å²) < 4.78 is 3.20. The van der Waals surface area contributed by atoms with E-state index >= 15 is 0 Å². The van der Waals surface area contributed by atoms with Gasteiger partial charge in [0.15, 0.2) is 11.5 Å². The minimum Gasteiger partial charge on any atom is -0.358 e. The summed E-state index contributed by atoms with van der Waals surface area (Å²) in [6.45, 7) is 4.55. The molecule has 0 aliphatic carbocycles. The van der Waals surface area contributed by atoms with Crippen LogP contribution in [0.5, 0.6) is 0 Å². The summed E-state index contributed by atoms with van der Waals surface area (Å²) in [7, 11) is 1.71. The number of hydrogen-bond acceptors (Lipinski definition) is 6. The molecular weight excluding hydrogens is 446 g/mol. The Bertz CT molecular complexity index is 1610. The van der Waals surface area contributed by atoms with Gasteiger partial charge in [0.1, 0.15) is 11.7 Å². The van der Waals surface area contributed by atoms with Gasteiger partial charge in [0, 0.05) is 18.2 Å². The van der Waals surface area contributed by atoms with Gasteiger partial charge < -0.3 is 19.7 Å². The SMILES string of the molecule is CC(C)c1ccccc1-c1ncc2[nH]c(=O)n(Cc3ccc(-c4nc([N+](=O)[O-])cn4C)cc3)c2n1. The lowest BCUT2D eigenvalue weighted by atomic mass is 9.97. The van der Waals surface area contributed by atoms with E-state index in [1.54, 1.807) is 22.4 Å². The molecule has 0 atom stereocenters. The number of nitrogens with one attached hydrogen (secondary N) is 1. The van der Waals surface area contributed by atoms with Crippen molar-refractivity contribution in [2.75, 3.05) is 0 Å². The molecule has 1 N–H and O–H groups in total. The summed E-state index contributed by atoms with van der Waals surface area (Å²) in [5.74, 6) is 1.17. The summed E-state index contributed by atoms with van der Waals surface area (Å²) in [6.07, 6.45) is 3.02. The van der Waals surface area contributed by atoms with Crippen LogP contribution in [-0.4, -0.2) is 34.0 Å². The Morgan fingerprint density at radius 3 is 2.51 bits per heavy atom.